The zero-order valence-corrected chi connectivity index (χ0v) is 6.43. The third-order valence-corrected chi connectivity index (χ3v) is 1.16. The Bertz CT molecular complexity index is 126. The van der Waals surface area contributed by atoms with E-state index in [0.29, 0.717) is 6.54 Å². The van der Waals surface area contributed by atoms with Gasteiger partial charge in [0.15, 0.2) is 0 Å². The van der Waals surface area contributed by atoms with E-state index in [0.717, 1.165) is 6.42 Å². The molecule has 0 bridgehead atoms. The van der Waals surface area contributed by atoms with E-state index >= 15 is 0 Å². The van der Waals surface area contributed by atoms with E-state index in [4.69, 9.17) is 0 Å². The minimum atomic E-state index is -2.73. The van der Waals surface area contributed by atoms with Gasteiger partial charge in [-0.05, 0) is 6.42 Å². The van der Waals surface area contributed by atoms with E-state index in [-0.39, 0.29) is 0 Å². The summed E-state index contributed by atoms with van der Waals surface area (Å²) in [5, 5.41) is 1.28. The second kappa shape index (κ2) is 4.72. The summed E-state index contributed by atoms with van der Waals surface area (Å²) in [6, 6.07) is 0. The molecule has 0 spiro atoms. The second-order valence-corrected chi connectivity index (χ2v) is 2.27. The average molecular weight is 153 g/mol. The van der Waals surface area contributed by atoms with Gasteiger partial charge >= 0.3 is 0 Å². The third kappa shape index (κ3) is 5.75. The zero-order chi connectivity index (χ0) is 7.28. The molecule has 0 rings (SSSR count). The van der Waals surface area contributed by atoms with Crippen molar-refractivity contribution in [1.29, 1.82) is 0 Å². The first-order valence-corrected chi connectivity index (χ1v) is 3.80. The Morgan fingerprint density at radius 3 is 2.44 bits per heavy atom. The van der Waals surface area contributed by atoms with Gasteiger partial charge in [0.1, 0.15) is 0 Å². The Kier molecular flexibility index (Phi) is 4.65. The van der Waals surface area contributed by atoms with Crippen molar-refractivity contribution in [2.45, 2.75) is 13.3 Å². The maximum absolute atomic E-state index is 9.86. The van der Waals surface area contributed by atoms with Crippen LogP contribution < -0.4 is 0 Å². The highest BCUT2D eigenvalue weighted by atomic mass is 32.2. The van der Waals surface area contributed by atoms with Crippen molar-refractivity contribution in [3.8, 4) is 0 Å². The Hall–Kier alpha value is -0.130. The number of nitrogens with zero attached hydrogens (tertiary/aromatic N) is 1. The van der Waals surface area contributed by atoms with Crippen molar-refractivity contribution >= 4 is 11.0 Å². The average Bonchev–Trinajstić information content (AvgIpc) is 1.63. The second-order valence-electron chi connectivity index (χ2n) is 1.66. The molecule has 0 amide bonds. The lowest BCUT2D eigenvalue weighted by molar-refractivity contribution is -0.0181. The monoisotopic (exact) mass is 153 g/mol. The maximum Gasteiger partial charge on any atom is 0.273 e. The summed E-state index contributed by atoms with van der Waals surface area (Å²) < 4.78 is 24.0. The predicted octanol–water partition coefficient (Wildman–Crippen LogP) is -0.214. The van der Waals surface area contributed by atoms with Gasteiger partial charge in [-0.1, -0.05) is 6.92 Å². The van der Waals surface area contributed by atoms with Crippen molar-refractivity contribution < 1.29 is 12.7 Å². The number of rotatable bonds is 4. The quantitative estimate of drug-likeness (QED) is 0.448. The number of hydrogen-bond acceptors (Lipinski definition) is 4. The Morgan fingerprint density at radius 1 is 1.56 bits per heavy atom. The molecule has 0 saturated carbocycles. The molecule has 5 heteroatoms. The molecule has 0 atom stereocenters. The van der Waals surface area contributed by atoms with Crippen LogP contribution in [0.1, 0.15) is 13.3 Å². The van der Waals surface area contributed by atoms with Crippen molar-refractivity contribution in [2.24, 2.45) is 0 Å². The lowest BCUT2D eigenvalue weighted by Crippen LogP contribution is -2.18. The van der Waals surface area contributed by atoms with Crippen LogP contribution in [-0.4, -0.2) is 27.1 Å². The number of hydrogen-bond donors (Lipinski definition) is 1. The molecular formula is C4H11NO3S. The molecule has 0 N–H and O–H groups in total. The van der Waals surface area contributed by atoms with Gasteiger partial charge < -0.3 is 0 Å². The smallest absolute Gasteiger partial charge is 0.201 e. The van der Waals surface area contributed by atoms with Gasteiger partial charge in [0, 0.05) is 13.6 Å². The summed E-state index contributed by atoms with van der Waals surface area (Å²) in [6.45, 7) is 2.57. The first kappa shape index (κ1) is 8.87. The van der Waals surface area contributed by atoms with Gasteiger partial charge in [-0.15, -0.1) is 0 Å². The molecule has 9 heavy (non-hydrogen) atoms. The molecule has 0 aliphatic heterocycles. The fourth-order valence-electron chi connectivity index (χ4n) is 0.470. The Balaban J connectivity index is 3.37. The van der Waals surface area contributed by atoms with Gasteiger partial charge in [0.2, 0.25) is 0 Å². The first-order chi connectivity index (χ1) is 4.16. The molecule has 0 radical (unpaired) electrons. The lowest BCUT2D eigenvalue weighted by Gasteiger charge is -2.08. The summed E-state index contributed by atoms with van der Waals surface area (Å²) >= 11 is 0. The lowest BCUT2D eigenvalue weighted by atomic mass is 10.5. The van der Waals surface area contributed by atoms with E-state index in [2.05, 4.69) is 4.28 Å². The maximum atomic E-state index is 9.86. The molecule has 0 heterocycles. The summed E-state index contributed by atoms with van der Waals surface area (Å²) in [5.41, 5.74) is 0. The van der Waals surface area contributed by atoms with E-state index in [9.17, 15) is 8.42 Å². The topological polar surface area (TPSA) is 46.6 Å². The highest BCUT2D eigenvalue weighted by Gasteiger charge is 1.94. The molecule has 0 fully saturated rings. The molecule has 0 aromatic rings. The van der Waals surface area contributed by atoms with Crippen molar-refractivity contribution in [3.05, 3.63) is 0 Å². The van der Waals surface area contributed by atoms with Crippen LogP contribution in [0.15, 0.2) is 0 Å². The van der Waals surface area contributed by atoms with Crippen molar-refractivity contribution in [1.82, 2.24) is 5.06 Å². The van der Waals surface area contributed by atoms with Crippen LogP contribution in [0.3, 0.4) is 0 Å². The fraction of sp³-hybridized carbons (Fsp3) is 1.00. The van der Waals surface area contributed by atoms with Crippen LogP contribution in [0.5, 0.6) is 0 Å². The van der Waals surface area contributed by atoms with E-state index in [1.54, 1.807) is 7.05 Å². The van der Waals surface area contributed by atoms with Crippen LogP contribution >= 0.6 is 0 Å². The first-order valence-electron chi connectivity index (χ1n) is 2.70. The molecule has 0 aromatic heterocycles. The van der Waals surface area contributed by atoms with Crippen LogP contribution in [0.4, 0.5) is 0 Å². The van der Waals surface area contributed by atoms with Gasteiger partial charge in [-0.3, -0.25) is 0 Å². The molecule has 0 aliphatic carbocycles. The van der Waals surface area contributed by atoms with Crippen LogP contribution in [0, 0.1) is 0 Å². The van der Waals surface area contributed by atoms with Gasteiger partial charge in [0.05, 0.1) is 0 Å². The molecule has 0 aliphatic rings. The minimum absolute atomic E-state index is 0.628. The summed E-state index contributed by atoms with van der Waals surface area (Å²) in [6.07, 6.45) is 0.875. The summed E-state index contributed by atoms with van der Waals surface area (Å²) in [5.74, 6) is 0. The van der Waals surface area contributed by atoms with E-state index in [1.807, 2.05) is 6.92 Å². The van der Waals surface area contributed by atoms with Crippen LogP contribution in [0.25, 0.3) is 0 Å². The predicted molar refractivity (Wildman–Crippen MR) is 34.3 cm³/mol. The van der Waals surface area contributed by atoms with Crippen molar-refractivity contribution in [3.63, 3.8) is 0 Å². The molecular weight excluding hydrogens is 142 g/mol. The molecule has 4 nitrogen and oxygen atoms in total. The SMILES string of the molecule is CCCN(C)O[SH](=O)=O. The van der Waals surface area contributed by atoms with E-state index in [1.165, 1.54) is 5.06 Å². The highest BCUT2D eigenvalue weighted by Crippen LogP contribution is 1.86. The van der Waals surface area contributed by atoms with Crippen LogP contribution in [-0.2, 0) is 15.3 Å². The van der Waals surface area contributed by atoms with Crippen molar-refractivity contribution in [2.75, 3.05) is 13.6 Å². The molecule has 0 unspecified atom stereocenters. The van der Waals surface area contributed by atoms with Gasteiger partial charge in [-0.2, -0.15) is 9.35 Å². The normalized spacial score (nSPS) is 11.1. The summed E-state index contributed by atoms with van der Waals surface area (Å²) in [7, 11) is -1.15. The standard InChI is InChI=1S/C4H11NO3S/c1-3-4-5(2)8-9(6)7/h9H,3-4H2,1-2H3. The minimum Gasteiger partial charge on any atom is -0.201 e. The number of thiol groups is 1. The molecule has 0 saturated heterocycles. The molecule has 0 aromatic carbocycles. The van der Waals surface area contributed by atoms with Crippen LogP contribution in [0.2, 0.25) is 0 Å². The zero-order valence-electron chi connectivity index (χ0n) is 5.53. The van der Waals surface area contributed by atoms with E-state index < -0.39 is 11.0 Å². The Morgan fingerprint density at radius 2 is 2.11 bits per heavy atom. The number of hydroxylamine groups is 2. The third-order valence-electron chi connectivity index (χ3n) is 0.745. The Labute approximate surface area is 56.5 Å². The largest absolute Gasteiger partial charge is 0.273 e. The van der Waals surface area contributed by atoms with Gasteiger partial charge in [0.25, 0.3) is 11.0 Å². The fourth-order valence-corrected chi connectivity index (χ4v) is 0.779. The summed E-state index contributed by atoms with van der Waals surface area (Å²) in [4.78, 5) is 0. The highest BCUT2D eigenvalue weighted by molar-refractivity contribution is 7.67. The molecule has 56 valence electrons. The van der Waals surface area contributed by atoms with Gasteiger partial charge in [-0.25, -0.2) is 8.42 Å².